The Labute approximate surface area is 133 Å². The Bertz CT molecular complexity index is 592. The van der Waals surface area contributed by atoms with Crippen LogP contribution in [0, 0.1) is 10.5 Å². The molecule has 0 saturated heterocycles. The molecule has 0 spiro atoms. The Hall–Kier alpha value is -1.30. The van der Waals surface area contributed by atoms with Gasteiger partial charge in [0.25, 0.3) is 5.91 Å². The van der Waals surface area contributed by atoms with Crippen molar-refractivity contribution in [2.75, 3.05) is 11.4 Å². The van der Waals surface area contributed by atoms with Gasteiger partial charge >= 0.3 is 0 Å². The Morgan fingerprint density at radius 2 is 2.15 bits per heavy atom. The molecule has 1 heterocycles. The number of carbonyl (C=O) groups excluding carboxylic acids is 1. The molecule has 0 fully saturated rings. The maximum atomic E-state index is 12.7. The number of carbonyl (C=O) groups is 1. The largest absolute Gasteiger partial charge is 0.469 e. The molecule has 0 aliphatic heterocycles. The first-order valence-electron chi connectivity index (χ1n) is 6.75. The molecule has 0 radical (unpaired) electrons. The molecule has 0 saturated carbocycles. The van der Waals surface area contributed by atoms with Crippen LogP contribution in [0.25, 0.3) is 0 Å². The first kappa shape index (κ1) is 15.1. The van der Waals surface area contributed by atoms with Crippen LogP contribution < -0.4 is 4.90 Å². The molecule has 0 aliphatic carbocycles. The zero-order chi connectivity index (χ0) is 14.5. The fourth-order valence-corrected chi connectivity index (χ4v) is 2.59. The molecule has 4 heteroatoms. The van der Waals surface area contributed by atoms with Crippen molar-refractivity contribution in [1.82, 2.24) is 0 Å². The number of anilines is 1. The maximum absolute atomic E-state index is 12.7. The lowest BCUT2D eigenvalue weighted by molar-refractivity contribution is 0.0985. The summed E-state index contributed by atoms with van der Waals surface area (Å²) in [6.45, 7) is 4.67. The lowest BCUT2D eigenvalue weighted by Crippen LogP contribution is -2.32. The van der Waals surface area contributed by atoms with Crippen LogP contribution in [0.15, 0.2) is 41.0 Å². The lowest BCUT2D eigenvalue weighted by atomic mass is 10.2. The first-order valence-corrected chi connectivity index (χ1v) is 7.83. The minimum absolute atomic E-state index is 0.00620. The van der Waals surface area contributed by atoms with E-state index in [0.717, 1.165) is 28.6 Å². The van der Waals surface area contributed by atoms with E-state index in [1.54, 1.807) is 12.3 Å². The molecule has 0 N–H and O–H groups in total. The van der Waals surface area contributed by atoms with Crippen LogP contribution in [-0.4, -0.2) is 12.5 Å². The van der Waals surface area contributed by atoms with Crippen molar-refractivity contribution in [1.29, 1.82) is 0 Å². The normalized spacial score (nSPS) is 10.6. The van der Waals surface area contributed by atoms with E-state index in [1.165, 1.54) is 0 Å². The number of rotatable bonds is 5. The molecule has 20 heavy (non-hydrogen) atoms. The van der Waals surface area contributed by atoms with Crippen molar-refractivity contribution >= 4 is 34.2 Å². The van der Waals surface area contributed by atoms with Gasteiger partial charge in [-0.25, -0.2) is 0 Å². The fourth-order valence-electron chi connectivity index (χ4n) is 2.06. The van der Waals surface area contributed by atoms with Gasteiger partial charge in [-0.05, 0) is 60.2 Å². The van der Waals surface area contributed by atoms with Gasteiger partial charge in [0, 0.05) is 15.8 Å². The van der Waals surface area contributed by atoms with Crippen LogP contribution in [0.1, 0.15) is 35.9 Å². The number of benzene rings is 1. The van der Waals surface area contributed by atoms with Gasteiger partial charge in [-0.15, -0.1) is 0 Å². The molecule has 106 valence electrons. The van der Waals surface area contributed by atoms with Gasteiger partial charge in [0.2, 0.25) is 0 Å². The maximum Gasteiger partial charge on any atom is 0.261 e. The summed E-state index contributed by atoms with van der Waals surface area (Å²) in [5.74, 6) is 0.675. The highest BCUT2D eigenvalue weighted by molar-refractivity contribution is 14.1. The van der Waals surface area contributed by atoms with E-state index in [9.17, 15) is 4.79 Å². The van der Waals surface area contributed by atoms with E-state index in [1.807, 2.05) is 36.1 Å². The summed E-state index contributed by atoms with van der Waals surface area (Å²) in [5, 5.41) is 0. The summed E-state index contributed by atoms with van der Waals surface area (Å²) in [6, 6.07) is 9.75. The van der Waals surface area contributed by atoms with Gasteiger partial charge in [-0.1, -0.05) is 19.4 Å². The van der Waals surface area contributed by atoms with Crippen molar-refractivity contribution in [3.63, 3.8) is 0 Å². The summed E-state index contributed by atoms with van der Waals surface area (Å²) >= 11 is 2.26. The average molecular weight is 383 g/mol. The van der Waals surface area contributed by atoms with Crippen molar-refractivity contribution < 1.29 is 9.21 Å². The Morgan fingerprint density at radius 1 is 1.35 bits per heavy atom. The molecule has 0 bridgehead atoms. The molecular formula is C16H18INO2. The number of nitrogens with zero attached hydrogens (tertiary/aromatic N) is 1. The third-order valence-corrected chi connectivity index (χ3v) is 3.86. The second-order valence-corrected chi connectivity index (χ2v) is 5.93. The van der Waals surface area contributed by atoms with E-state index < -0.39 is 0 Å². The van der Waals surface area contributed by atoms with Crippen LogP contribution in [0.5, 0.6) is 0 Å². The molecular weight excluding hydrogens is 365 g/mol. The third-order valence-electron chi connectivity index (χ3n) is 3.19. The average Bonchev–Trinajstić information content (AvgIpc) is 2.85. The van der Waals surface area contributed by atoms with E-state index >= 15 is 0 Å². The first-order chi connectivity index (χ1) is 9.63. The van der Waals surface area contributed by atoms with Crippen LogP contribution in [0.4, 0.5) is 5.69 Å². The molecule has 2 aromatic rings. The number of halogens is 1. The SMILES string of the molecule is CCCCN(C(=O)c1ccoc1C)c1cccc(I)c1. The van der Waals surface area contributed by atoms with Crippen LogP contribution in [-0.2, 0) is 0 Å². The zero-order valence-corrected chi connectivity index (χ0v) is 13.9. The monoisotopic (exact) mass is 383 g/mol. The molecule has 1 amide bonds. The molecule has 2 rings (SSSR count). The summed E-state index contributed by atoms with van der Waals surface area (Å²) < 4.78 is 6.37. The number of amides is 1. The molecule has 1 aromatic heterocycles. The molecule has 0 aliphatic rings. The number of aryl methyl sites for hydroxylation is 1. The van der Waals surface area contributed by atoms with Gasteiger partial charge in [0.1, 0.15) is 5.76 Å². The highest BCUT2D eigenvalue weighted by atomic mass is 127. The summed E-state index contributed by atoms with van der Waals surface area (Å²) in [5.41, 5.74) is 1.58. The van der Waals surface area contributed by atoms with E-state index in [-0.39, 0.29) is 5.91 Å². The fraction of sp³-hybridized carbons (Fsp3) is 0.312. The van der Waals surface area contributed by atoms with Crippen LogP contribution in [0.3, 0.4) is 0 Å². The van der Waals surface area contributed by atoms with E-state index in [0.29, 0.717) is 11.3 Å². The van der Waals surface area contributed by atoms with Crippen molar-refractivity contribution in [3.8, 4) is 0 Å². The van der Waals surface area contributed by atoms with Gasteiger partial charge in [0.05, 0.1) is 11.8 Å². The van der Waals surface area contributed by atoms with Crippen molar-refractivity contribution in [2.24, 2.45) is 0 Å². The highest BCUT2D eigenvalue weighted by Crippen LogP contribution is 2.22. The smallest absolute Gasteiger partial charge is 0.261 e. The van der Waals surface area contributed by atoms with Gasteiger partial charge in [-0.2, -0.15) is 0 Å². The Balaban J connectivity index is 2.32. The molecule has 0 atom stereocenters. The van der Waals surface area contributed by atoms with Crippen LogP contribution in [0.2, 0.25) is 0 Å². The number of hydrogen-bond acceptors (Lipinski definition) is 2. The number of furan rings is 1. The van der Waals surface area contributed by atoms with E-state index in [2.05, 4.69) is 29.5 Å². The summed E-state index contributed by atoms with van der Waals surface area (Å²) in [6.07, 6.45) is 3.60. The van der Waals surface area contributed by atoms with Gasteiger partial charge in [-0.3, -0.25) is 4.79 Å². The summed E-state index contributed by atoms with van der Waals surface area (Å²) in [7, 11) is 0. The third kappa shape index (κ3) is 3.42. The summed E-state index contributed by atoms with van der Waals surface area (Å²) in [4.78, 5) is 14.5. The number of unbranched alkanes of at least 4 members (excludes halogenated alkanes) is 1. The molecule has 0 unspecified atom stereocenters. The highest BCUT2D eigenvalue weighted by Gasteiger charge is 2.20. The van der Waals surface area contributed by atoms with Crippen molar-refractivity contribution in [3.05, 3.63) is 51.5 Å². The lowest BCUT2D eigenvalue weighted by Gasteiger charge is -2.22. The van der Waals surface area contributed by atoms with Crippen LogP contribution >= 0.6 is 22.6 Å². The number of hydrogen-bond donors (Lipinski definition) is 0. The Kier molecular flexibility index (Phi) is 5.23. The van der Waals surface area contributed by atoms with Gasteiger partial charge in [0.15, 0.2) is 0 Å². The predicted molar refractivity (Wildman–Crippen MR) is 89.2 cm³/mol. The van der Waals surface area contributed by atoms with E-state index in [4.69, 9.17) is 4.42 Å². The molecule has 1 aromatic carbocycles. The zero-order valence-electron chi connectivity index (χ0n) is 11.7. The van der Waals surface area contributed by atoms with Crippen molar-refractivity contribution in [2.45, 2.75) is 26.7 Å². The predicted octanol–water partition coefficient (Wildman–Crippen LogP) is 4.64. The Morgan fingerprint density at radius 3 is 2.75 bits per heavy atom. The standard InChI is InChI=1S/C16H18INO2/c1-3-4-9-18(14-7-5-6-13(17)11-14)16(19)15-8-10-20-12(15)2/h5-8,10-11H,3-4,9H2,1-2H3. The quantitative estimate of drug-likeness (QED) is 0.705. The molecule has 3 nitrogen and oxygen atoms in total. The minimum Gasteiger partial charge on any atom is -0.469 e. The topological polar surface area (TPSA) is 33.5 Å². The van der Waals surface area contributed by atoms with Gasteiger partial charge < -0.3 is 9.32 Å². The minimum atomic E-state index is 0.00620. The second kappa shape index (κ2) is 6.92. The second-order valence-electron chi connectivity index (χ2n) is 4.68.